The minimum atomic E-state index is -4.22. The predicted molar refractivity (Wildman–Crippen MR) is 91.4 cm³/mol. The molecular weight excluding hydrogens is 404 g/mol. The van der Waals surface area contributed by atoms with Crippen molar-refractivity contribution in [2.75, 3.05) is 5.32 Å². The van der Waals surface area contributed by atoms with Crippen LogP contribution in [0.2, 0.25) is 0 Å². The number of carbonyl (C=O) groups excluding carboxylic acids is 1. The molecule has 1 unspecified atom stereocenters. The molecule has 2 rings (SSSR count). The molecule has 3 N–H and O–H groups in total. The number of nitriles is 1. The number of benzene rings is 1. The van der Waals surface area contributed by atoms with Crippen molar-refractivity contribution in [2.45, 2.75) is 24.0 Å². The van der Waals surface area contributed by atoms with Crippen LogP contribution in [0.15, 0.2) is 35.4 Å². The van der Waals surface area contributed by atoms with Crippen molar-refractivity contribution in [3.05, 3.63) is 47.5 Å². The van der Waals surface area contributed by atoms with Gasteiger partial charge in [-0.3, -0.25) is 9.00 Å². The van der Waals surface area contributed by atoms with Crippen LogP contribution in [0, 0.1) is 17.1 Å². The third-order valence-electron chi connectivity index (χ3n) is 3.27. The van der Waals surface area contributed by atoms with Gasteiger partial charge in [0.2, 0.25) is 0 Å². The van der Waals surface area contributed by atoms with Crippen LogP contribution in [-0.4, -0.2) is 31.5 Å². The summed E-state index contributed by atoms with van der Waals surface area (Å²) in [5, 5.41) is 11.2. The lowest BCUT2D eigenvalue weighted by Crippen LogP contribution is -2.33. The fourth-order valence-corrected chi connectivity index (χ4v) is 2.19. The first kappa shape index (κ1) is 23.3. The van der Waals surface area contributed by atoms with E-state index in [4.69, 9.17) is 5.26 Å². The Bertz CT molecular complexity index is 920. The molecule has 1 aromatic carbocycles. The topological polar surface area (TPSA) is 124 Å². The number of nitrogens with two attached hydrogens (primary N) is 1. The maximum absolute atomic E-state index is 13.2. The van der Waals surface area contributed by atoms with Crippen LogP contribution in [0.4, 0.5) is 23.2 Å². The van der Waals surface area contributed by atoms with Crippen LogP contribution >= 0.6 is 0 Å². The lowest BCUT2D eigenvalue weighted by Gasteiger charge is -2.07. The molecule has 1 heterocycles. The van der Waals surface area contributed by atoms with Crippen LogP contribution in [0.3, 0.4) is 0 Å². The molecular formula is C16H15F4N4O3S-. The number of amides is 1. The largest absolute Gasteiger partial charge is 0.768 e. The van der Waals surface area contributed by atoms with Crippen LogP contribution < -0.4 is 11.1 Å². The summed E-state index contributed by atoms with van der Waals surface area (Å²) < 4.78 is 69.4. The van der Waals surface area contributed by atoms with Gasteiger partial charge in [-0.1, -0.05) is 0 Å². The van der Waals surface area contributed by atoms with Gasteiger partial charge in [-0.2, -0.15) is 18.4 Å². The van der Waals surface area contributed by atoms with Gasteiger partial charge in [0.25, 0.3) is 5.91 Å². The van der Waals surface area contributed by atoms with Crippen LogP contribution in [0.25, 0.3) is 0 Å². The van der Waals surface area contributed by atoms with Gasteiger partial charge in [0.1, 0.15) is 17.6 Å². The lowest BCUT2D eigenvalue weighted by molar-refractivity contribution is -0.143. The maximum atomic E-state index is 13.2. The Labute approximate surface area is 160 Å². The smallest absolute Gasteiger partial charge is 0.403 e. The Balaban J connectivity index is 0.000000480. The fourth-order valence-electron chi connectivity index (χ4n) is 1.73. The molecule has 0 saturated carbocycles. The molecule has 0 fully saturated rings. The van der Waals surface area contributed by atoms with Gasteiger partial charge in [0, 0.05) is 23.8 Å². The van der Waals surface area contributed by atoms with Crippen LogP contribution in [0.5, 0.6) is 0 Å². The summed E-state index contributed by atoms with van der Waals surface area (Å²) in [6.45, 7) is 0.903. The van der Waals surface area contributed by atoms with E-state index in [9.17, 15) is 31.1 Å². The molecule has 0 aliphatic rings. The molecule has 152 valence electrons. The Morgan fingerprint density at radius 2 is 1.96 bits per heavy atom. The third-order valence-corrected chi connectivity index (χ3v) is 3.87. The van der Waals surface area contributed by atoms with Gasteiger partial charge < -0.3 is 20.2 Å². The lowest BCUT2D eigenvalue weighted by atomic mass is 10.2. The average Bonchev–Trinajstić information content (AvgIpc) is 2.98. The molecule has 0 aliphatic heterocycles. The van der Waals surface area contributed by atoms with Crippen molar-refractivity contribution in [3.8, 4) is 6.07 Å². The Kier molecular flexibility index (Phi) is 7.86. The second kappa shape index (κ2) is 9.45. The van der Waals surface area contributed by atoms with E-state index >= 15 is 0 Å². The molecule has 1 aromatic heterocycles. The summed E-state index contributed by atoms with van der Waals surface area (Å²) >= 11 is -2.43. The van der Waals surface area contributed by atoms with E-state index in [2.05, 4.69) is 11.1 Å². The zero-order chi connectivity index (χ0) is 21.6. The summed E-state index contributed by atoms with van der Waals surface area (Å²) in [5.74, 6) is -1.25. The number of hydrogen-bond donors (Lipinski definition) is 2. The molecule has 0 spiro atoms. The van der Waals surface area contributed by atoms with Crippen molar-refractivity contribution in [2.24, 2.45) is 12.8 Å². The van der Waals surface area contributed by atoms with Gasteiger partial charge in [-0.15, -0.1) is 0 Å². The van der Waals surface area contributed by atoms with E-state index in [-0.39, 0.29) is 21.8 Å². The Hall–Kier alpha value is -2.75. The molecule has 1 amide bonds. The van der Waals surface area contributed by atoms with Gasteiger partial charge >= 0.3 is 6.18 Å². The maximum Gasteiger partial charge on any atom is 0.403 e. The van der Waals surface area contributed by atoms with E-state index < -0.39 is 35.0 Å². The first-order valence-corrected chi connectivity index (χ1v) is 8.53. The molecule has 0 aliphatic carbocycles. The zero-order valence-electron chi connectivity index (χ0n) is 14.6. The van der Waals surface area contributed by atoms with E-state index in [1.54, 1.807) is 6.07 Å². The highest BCUT2D eigenvalue weighted by Crippen LogP contribution is 2.17. The zero-order valence-corrected chi connectivity index (χ0v) is 15.4. The second-order valence-electron chi connectivity index (χ2n) is 5.50. The van der Waals surface area contributed by atoms with Gasteiger partial charge in [-0.25, -0.2) is 4.39 Å². The normalized spacial score (nSPS) is 13.0. The summed E-state index contributed by atoms with van der Waals surface area (Å²) in [6.07, 6.45) is -2.93. The van der Waals surface area contributed by atoms with E-state index in [1.807, 2.05) is 0 Å². The number of anilines is 1. The Morgan fingerprint density at radius 3 is 2.39 bits per heavy atom. The summed E-state index contributed by atoms with van der Waals surface area (Å²) in [7, 11) is 1.52. The van der Waals surface area contributed by atoms with E-state index in [0.29, 0.717) is 0 Å². The summed E-state index contributed by atoms with van der Waals surface area (Å²) in [4.78, 5) is 12.0. The molecule has 12 heteroatoms. The number of alkyl halides is 3. The number of nitrogens with one attached hydrogen (secondary N) is 1. The van der Waals surface area contributed by atoms with Crippen molar-refractivity contribution >= 4 is 22.7 Å². The first-order chi connectivity index (χ1) is 12.9. The Morgan fingerprint density at radius 1 is 1.39 bits per heavy atom. The number of nitrogens with zero attached hydrogens (tertiary/aromatic N) is 2. The van der Waals surface area contributed by atoms with E-state index in [0.717, 1.165) is 13.0 Å². The quantitative estimate of drug-likeness (QED) is 0.584. The van der Waals surface area contributed by atoms with Crippen molar-refractivity contribution in [1.82, 2.24) is 4.57 Å². The summed E-state index contributed by atoms with van der Waals surface area (Å²) in [6, 6.07) is 4.75. The van der Waals surface area contributed by atoms with Crippen molar-refractivity contribution < 1.29 is 31.1 Å². The molecule has 2 aromatic rings. The van der Waals surface area contributed by atoms with Gasteiger partial charge in [0.15, 0.2) is 0 Å². The third kappa shape index (κ3) is 6.45. The number of hydrogen-bond acceptors (Lipinski definition) is 5. The van der Waals surface area contributed by atoms with Gasteiger partial charge in [0.05, 0.1) is 11.6 Å². The van der Waals surface area contributed by atoms with Crippen molar-refractivity contribution in [3.63, 3.8) is 0 Å². The van der Waals surface area contributed by atoms with Gasteiger partial charge in [-0.05, 0) is 42.3 Å². The van der Waals surface area contributed by atoms with E-state index in [1.165, 1.54) is 36.0 Å². The minimum absolute atomic E-state index is 0.0144. The number of aryl methyl sites for hydroxylation is 1. The van der Waals surface area contributed by atoms with Crippen LogP contribution in [-0.2, 0) is 18.1 Å². The standard InChI is InChI=1S/C13H10FN3O3S.C3H6F3N/c1-17-7-10(21(19)20)5-12(17)13(18)16-9-2-3-11(14)8(4-9)6-15;1-2(7)3(4,5)6/h2-5,7H,1H3,(H,16,18)(H,19,20);2H,7H2,1H3/p-1/t;2-/m.0/s1. The fraction of sp³-hybridized carbons (Fsp3) is 0.250. The highest BCUT2D eigenvalue weighted by atomic mass is 32.2. The number of halogens is 4. The minimum Gasteiger partial charge on any atom is -0.768 e. The molecule has 7 nitrogen and oxygen atoms in total. The molecule has 0 saturated heterocycles. The summed E-state index contributed by atoms with van der Waals surface area (Å²) in [5.41, 5.74) is 4.61. The second-order valence-corrected chi connectivity index (χ2v) is 6.44. The molecule has 2 atom stereocenters. The monoisotopic (exact) mass is 419 g/mol. The predicted octanol–water partition coefficient (Wildman–Crippen LogP) is 2.42. The van der Waals surface area contributed by atoms with Crippen LogP contribution in [0.1, 0.15) is 23.0 Å². The first-order valence-electron chi connectivity index (χ1n) is 7.45. The number of rotatable bonds is 3. The SMILES string of the molecule is C[C@H](N)C(F)(F)F.Cn1cc(S(=O)[O-])cc1C(=O)Nc1ccc(F)c(C#N)c1. The highest BCUT2D eigenvalue weighted by Gasteiger charge is 2.32. The van der Waals surface area contributed by atoms with Crippen molar-refractivity contribution in [1.29, 1.82) is 5.26 Å². The average molecular weight is 419 g/mol. The molecule has 0 radical (unpaired) electrons. The molecule has 0 bridgehead atoms. The highest BCUT2D eigenvalue weighted by molar-refractivity contribution is 7.79. The number of aromatic nitrogens is 1. The number of carbonyl (C=O) groups is 1. The molecule has 28 heavy (non-hydrogen) atoms.